The molecule has 0 bridgehead atoms. The number of rotatable bonds is 7. The van der Waals surface area contributed by atoms with Crippen LogP contribution in [0.5, 0.6) is 0 Å². The molecule has 3 aromatic rings. The van der Waals surface area contributed by atoms with Crippen LogP contribution in [0.3, 0.4) is 0 Å². The average molecular weight is 444 g/mol. The molecule has 1 N–H and O–H groups in total. The fourth-order valence-corrected chi connectivity index (χ4v) is 5.09. The van der Waals surface area contributed by atoms with E-state index in [1.54, 1.807) is 7.11 Å². The molecule has 1 unspecified atom stereocenters. The number of benzene rings is 2. The molecule has 0 saturated carbocycles. The minimum Gasteiger partial charge on any atom is -0.385 e. The van der Waals surface area contributed by atoms with Gasteiger partial charge in [-0.1, -0.05) is 29.8 Å². The van der Waals surface area contributed by atoms with Crippen LogP contribution in [0.15, 0.2) is 36.4 Å². The van der Waals surface area contributed by atoms with E-state index in [-0.39, 0.29) is 0 Å². The first-order valence-electron chi connectivity index (χ1n) is 11.6. The molecular weight excluding hydrogens is 410 g/mol. The number of nitrogens with zero attached hydrogens (tertiary/aromatic N) is 4. The Bertz CT molecular complexity index is 1150. The first kappa shape index (κ1) is 22.9. The van der Waals surface area contributed by atoms with Crippen molar-refractivity contribution >= 4 is 17.3 Å². The second-order valence-electron chi connectivity index (χ2n) is 9.04. The molecule has 1 aromatic heterocycles. The van der Waals surface area contributed by atoms with Gasteiger partial charge in [0.05, 0.1) is 11.6 Å². The second kappa shape index (κ2) is 9.68. The van der Waals surface area contributed by atoms with Gasteiger partial charge >= 0.3 is 0 Å². The van der Waals surface area contributed by atoms with Gasteiger partial charge in [-0.05, 0) is 68.4 Å². The van der Waals surface area contributed by atoms with E-state index >= 15 is 0 Å². The fraction of sp³-hybridized carbons (Fsp3) is 0.407. The van der Waals surface area contributed by atoms with Crippen LogP contribution >= 0.6 is 0 Å². The summed E-state index contributed by atoms with van der Waals surface area (Å²) in [5, 5.41) is 17.7. The van der Waals surface area contributed by atoms with Gasteiger partial charge in [-0.2, -0.15) is 10.4 Å². The predicted molar refractivity (Wildman–Crippen MR) is 133 cm³/mol. The Labute approximate surface area is 196 Å². The molecule has 2 aromatic carbocycles. The maximum atomic E-state index is 9.06. The Hall–Kier alpha value is -3.30. The van der Waals surface area contributed by atoms with E-state index in [0.29, 0.717) is 18.0 Å². The molecule has 0 aliphatic carbocycles. The van der Waals surface area contributed by atoms with Crippen molar-refractivity contribution in [2.24, 2.45) is 7.05 Å². The van der Waals surface area contributed by atoms with Crippen LogP contribution in [0.25, 0.3) is 0 Å². The number of ether oxygens (including phenoxy) is 1. The highest BCUT2D eigenvalue weighted by molar-refractivity contribution is 5.75. The third-order valence-corrected chi connectivity index (χ3v) is 6.55. The molecule has 0 fully saturated rings. The maximum absolute atomic E-state index is 9.06. The van der Waals surface area contributed by atoms with Crippen molar-refractivity contribution < 1.29 is 4.74 Å². The predicted octanol–water partition coefficient (Wildman–Crippen LogP) is 5.49. The molecule has 0 radical (unpaired) electrons. The number of hydrogen-bond donors (Lipinski definition) is 1. The van der Waals surface area contributed by atoms with Crippen LogP contribution in [0, 0.1) is 32.1 Å². The van der Waals surface area contributed by atoms with Gasteiger partial charge in [-0.3, -0.25) is 4.68 Å². The number of methoxy groups -OCH3 is 1. The number of nitriles is 1. The quantitative estimate of drug-likeness (QED) is 0.523. The van der Waals surface area contributed by atoms with Crippen molar-refractivity contribution in [3.63, 3.8) is 0 Å². The third kappa shape index (κ3) is 4.60. The molecule has 1 aliphatic rings. The van der Waals surface area contributed by atoms with Crippen molar-refractivity contribution in [3.8, 4) is 6.07 Å². The molecule has 0 amide bonds. The van der Waals surface area contributed by atoms with Crippen LogP contribution in [0.1, 0.15) is 52.1 Å². The molecule has 4 rings (SSSR count). The third-order valence-electron chi connectivity index (χ3n) is 6.55. The van der Waals surface area contributed by atoms with E-state index < -0.39 is 0 Å². The van der Waals surface area contributed by atoms with E-state index in [9.17, 15) is 0 Å². The lowest BCUT2D eigenvalue weighted by atomic mass is 9.89. The lowest BCUT2D eigenvalue weighted by molar-refractivity contribution is 0.186. The number of anilines is 3. The van der Waals surface area contributed by atoms with Gasteiger partial charge < -0.3 is 15.0 Å². The van der Waals surface area contributed by atoms with Crippen LogP contribution in [-0.4, -0.2) is 30.0 Å². The zero-order valence-corrected chi connectivity index (χ0v) is 20.3. The Morgan fingerprint density at radius 3 is 2.48 bits per heavy atom. The first-order chi connectivity index (χ1) is 15.9. The summed E-state index contributed by atoms with van der Waals surface area (Å²) >= 11 is 0. The van der Waals surface area contributed by atoms with Gasteiger partial charge in [0.25, 0.3) is 0 Å². The van der Waals surface area contributed by atoms with Gasteiger partial charge in [-0.15, -0.1) is 0 Å². The summed E-state index contributed by atoms with van der Waals surface area (Å²) < 4.78 is 7.41. The minimum atomic E-state index is 0.388. The van der Waals surface area contributed by atoms with Crippen molar-refractivity contribution in [2.75, 3.05) is 30.5 Å². The van der Waals surface area contributed by atoms with Crippen LogP contribution in [0.4, 0.5) is 17.3 Å². The summed E-state index contributed by atoms with van der Waals surface area (Å²) in [7, 11) is 3.78. The summed E-state index contributed by atoms with van der Waals surface area (Å²) in [5.74, 6) is 2.49. The van der Waals surface area contributed by atoms with Gasteiger partial charge in [0, 0.05) is 45.1 Å². The van der Waals surface area contributed by atoms with Crippen molar-refractivity contribution in [2.45, 2.75) is 46.1 Å². The Morgan fingerprint density at radius 1 is 1.15 bits per heavy atom. The Kier molecular flexibility index (Phi) is 6.71. The van der Waals surface area contributed by atoms with Crippen LogP contribution < -0.4 is 10.2 Å². The first-order valence-corrected chi connectivity index (χ1v) is 11.6. The molecule has 2 heterocycles. The SMILES string of the molecule is COCCC1CCN(c2c(C)cc(C)cc2C)c2nn(C)c(NCc3ccc(C#N)cc3)c21. The van der Waals surface area contributed by atoms with Gasteiger partial charge in [-0.25, -0.2) is 0 Å². The number of fused-ring (bicyclic) bond motifs is 1. The highest BCUT2D eigenvalue weighted by Gasteiger charge is 2.33. The second-order valence-corrected chi connectivity index (χ2v) is 9.04. The lowest BCUT2D eigenvalue weighted by Gasteiger charge is -2.34. The zero-order valence-electron chi connectivity index (χ0n) is 20.3. The summed E-state index contributed by atoms with van der Waals surface area (Å²) in [6.45, 7) is 8.89. The monoisotopic (exact) mass is 443 g/mol. The normalized spacial score (nSPS) is 15.3. The number of hydrogen-bond acceptors (Lipinski definition) is 5. The number of aryl methyl sites for hydroxylation is 4. The highest BCUT2D eigenvalue weighted by Crippen LogP contribution is 2.45. The average Bonchev–Trinajstić information content (AvgIpc) is 3.13. The Balaban J connectivity index is 1.71. The summed E-state index contributed by atoms with van der Waals surface area (Å²) in [6.07, 6.45) is 2.03. The van der Waals surface area contributed by atoms with Crippen LogP contribution in [0.2, 0.25) is 0 Å². The topological polar surface area (TPSA) is 66.1 Å². The van der Waals surface area contributed by atoms with E-state index in [4.69, 9.17) is 15.1 Å². The number of nitrogens with one attached hydrogen (secondary N) is 1. The highest BCUT2D eigenvalue weighted by atomic mass is 16.5. The molecule has 33 heavy (non-hydrogen) atoms. The summed E-state index contributed by atoms with van der Waals surface area (Å²) in [6, 6.07) is 14.4. The molecule has 1 aliphatic heterocycles. The van der Waals surface area contributed by atoms with E-state index in [2.05, 4.69) is 49.2 Å². The van der Waals surface area contributed by atoms with Crippen molar-refractivity contribution in [1.82, 2.24) is 9.78 Å². The van der Waals surface area contributed by atoms with E-state index in [1.807, 2.05) is 36.0 Å². The van der Waals surface area contributed by atoms with Crippen molar-refractivity contribution in [1.29, 1.82) is 5.26 Å². The van der Waals surface area contributed by atoms with Crippen LogP contribution in [-0.2, 0) is 18.3 Å². The van der Waals surface area contributed by atoms with Gasteiger partial charge in [0.1, 0.15) is 5.82 Å². The molecule has 6 nitrogen and oxygen atoms in total. The number of aromatic nitrogens is 2. The molecule has 1 atom stereocenters. The van der Waals surface area contributed by atoms with E-state index in [0.717, 1.165) is 43.2 Å². The molecule has 0 saturated heterocycles. The lowest BCUT2D eigenvalue weighted by Crippen LogP contribution is -2.29. The maximum Gasteiger partial charge on any atom is 0.160 e. The van der Waals surface area contributed by atoms with E-state index in [1.165, 1.54) is 27.9 Å². The molecular formula is C27H33N5O. The van der Waals surface area contributed by atoms with Crippen molar-refractivity contribution in [3.05, 3.63) is 69.8 Å². The Morgan fingerprint density at radius 2 is 1.85 bits per heavy atom. The smallest absolute Gasteiger partial charge is 0.160 e. The summed E-state index contributed by atoms with van der Waals surface area (Å²) in [4.78, 5) is 2.40. The minimum absolute atomic E-state index is 0.388. The fourth-order valence-electron chi connectivity index (χ4n) is 5.09. The molecule has 0 spiro atoms. The van der Waals surface area contributed by atoms with Gasteiger partial charge in [0.2, 0.25) is 0 Å². The standard InChI is InChI=1S/C27H33N5O/c1-18-14-19(2)25(20(3)15-18)32-12-10-23(11-13-33-5)24-26(31(4)30-27(24)32)29-17-22-8-6-21(16-28)7-9-22/h6-9,14-15,23,29H,10-13,17H2,1-5H3. The summed E-state index contributed by atoms with van der Waals surface area (Å²) in [5.41, 5.74) is 8.21. The largest absolute Gasteiger partial charge is 0.385 e. The van der Waals surface area contributed by atoms with Gasteiger partial charge in [0.15, 0.2) is 5.82 Å². The zero-order chi connectivity index (χ0) is 23.5. The molecule has 6 heteroatoms. The molecule has 172 valence electrons.